The summed E-state index contributed by atoms with van der Waals surface area (Å²) in [7, 11) is 5.69. The zero-order valence-electron chi connectivity index (χ0n) is 19.7. The van der Waals surface area contributed by atoms with Gasteiger partial charge in [0.05, 0.1) is 0 Å². The minimum atomic E-state index is -0.663. The molecule has 28 heavy (non-hydrogen) atoms. The van der Waals surface area contributed by atoms with Crippen molar-refractivity contribution < 1.29 is 19.2 Å². The lowest BCUT2D eigenvalue weighted by molar-refractivity contribution is -0.0838. The first-order valence-electron chi connectivity index (χ1n) is 9.20. The van der Waals surface area contributed by atoms with E-state index >= 15 is 0 Å². The molecule has 0 aromatic carbocycles. The molecular formula is C19H41N5O4. The maximum atomic E-state index is 8.28. The largest absolute Gasteiger partial charge is 0.409 e. The number of amidine groups is 1. The quantitative estimate of drug-likeness (QED) is 0.253. The highest BCUT2D eigenvalue weighted by Crippen LogP contribution is 2.17. The summed E-state index contributed by atoms with van der Waals surface area (Å²) in [5.74, 6) is 1.49. The van der Waals surface area contributed by atoms with Crippen molar-refractivity contribution in [1.82, 2.24) is 15.0 Å². The molecule has 0 saturated heterocycles. The zero-order chi connectivity index (χ0) is 22.8. The van der Waals surface area contributed by atoms with Crippen LogP contribution in [0.15, 0.2) is 9.68 Å². The summed E-state index contributed by atoms with van der Waals surface area (Å²) < 4.78 is 15.1. The van der Waals surface area contributed by atoms with Gasteiger partial charge in [0.1, 0.15) is 11.3 Å². The van der Waals surface area contributed by atoms with E-state index in [1.807, 2.05) is 39.8 Å². The number of aromatic nitrogens is 2. The Kier molecular flexibility index (Phi) is 12.2. The Bertz CT molecular complexity index is 575. The summed E-state index contributed by atoms with van der Waals surface area (Å²) in [6, 6.07) is 0. The number of nitrogens with two attached hydrogens (primary N) is 1. The van der Waals surface area contributed by atoms with Crippen LogP contribution in [0.25, 0.3) is 0 Å². The first-order valence-corrected chi connectivity index (χ1v) is 9.20. The fourth-order valence-electron chi connectivity index (χ4n) is 1.34. The molecule has 3 N–H and O–H groups in total. The molecular weight excluding hydrogens is 362 g/mol. The number of methoxy groups -OCH3 is 1. The van der Waals surface area contributed by atoms with Gasteiger partial charge in [0.2, 0.25) is 5.89 Å². The number of hydrogen-bond acceptors (Lipinski definition) is 8. The molecule has 0 aliphatic carbocycles. The third-order valence-corrected chi connectivity index (χ3v) is 4.00. The number of aryl methyl sites for hydroxylation is 1. The number of oxime groups is 1. The maximum Gasteiger partial charge on any atom is 0.223 e. The monoisotopic (exact) mass is 403 g/mol. The van der Waals surface area contributed by atoms with Crippen molar-refractivity contribution in [2.24, 2.45) is 10.9 Å². The van der Waals surface area contributed by atoms with Gasteiger partial charge < -0.3 is 24.9 Å². The van der Waals surface area contributed by atoms with Crippen LogP contribution >= 0.6 is 0 Å². The molecule has 0 aliphatic heterocycles. The Labute approximate surface area is 170 Å². The van der Waals surface area contributed by atoms with Crippen LogP contribution in [0.1, 0.15) is 67.1 Å². The summed E-state index contributed by atoms with van der Waals surface area (Å²) in [4.78, 5) is 6.12. The number of nitrogens with zero attached hydrogens (tertiary/aromatic N) is 4. The zero-order valence-corrected chi connectivity index (χ0v) is 19.7. The van der Waals surface area contributed by atoms with Crippen molar-refractivity contribution in [3.63, 3.8) is 0 Å². The first kappa shape index (κ1) is 28.5. The van der Waals surface area contributed by atoms with Gasteiger partial charge in [-0.1, -0.05) is 31.1 Å². The second-order valence-corrected chi connectivity index (χ2v) is 8.36. The Morgan fingerprint density at radius 1 is 1.18 bits per heavy atom. The highest BCUT2D eigenvalue weighted by molar-refractivity contribution is 5.87. The molecule has 1 aromatic heterocycles. The number of ether oxygens (including phenoxy) is 2. The molecule has 0 bridgehead atoms. The van der Waals surface area contributed by atoms with Crippen molar-refractivity contribution in [2.45, 2.75) is 79.1 Å². The molecule has 1 heterocycles. The average molecular weight is 404 g/mol. The molecule has 9 heteroatoms. The predicted octanol–water partition coefficient (Wildman–Crippen LogP) is 3.15. The van der Waals surface area contributed by atoms with Crippen LogP contribution in [-0.2, 0) is 14.9 Å². The third kappa shape index (κ3) is 11.2. The van der Waals surface area contributed by atoms with Crippen molar-refractivity contribution in [3.05, 3.63) is 11.7 Å². The van der Waals surface area contributed by atoms with E-state index < -0.39 is 5.60 Å². The fourth-order valence-corrected chi connectivity index (χ4v) is 1.34. The van der Waals surface area contributed by atoms with E-state index in [1.54, 1.807) is 27.9 Å². The molecule has 0 fully saturated rings. The molecule has 0 aliphatic rings. The third-order valence-electron chi connectivity index (χ3n) is 4.00. The number of rotatable bonds is 5. The molecule has 0 saturated carbocycles. The smallest absolute Gasteiger partial charge is 0.223 e. The van der Waals surface area contributed by atoms with Crippen LogP contribution in [0.2, 0.25) is 0 Å². The highest BCUT2D eigenvalue weighted by Gasteiger charge is 2.23. The minimum absolute atomic E-state index is 0.00222. The van der Waals surface area contributed by atoms with Gasteiger partial charge in [0, 0.05) is 26.1 Å². The Morgan fingerprint density at radius 2 is 1.68 bits per heavy atom. The first-order chi connectivity index (χ1) is 12.5. The van der Waals surface area contributed by atoms with Crippen LogP contribution in [0.5, 0.6) is 0 Å². The molecule has 0 atom stereocenters. The molecule has 0 amide bonds. The summed E-state index contributed by atoms with van der Waals surface area (Å²) in [6.07, 6.45) is 0. The summed E-state index contributed by atoms with van der Waals surface area (Å²) in [5.41, 5.74) is 4.52. The van der Waals surface area contributed by atoms with Crippen LogP contribution in [0, 0.1) is 6.92 Å². The van der Waals surface area contributed by atoms with Gasteiger partial charge in [0.25, 0.3) is 0 Å². The summed E-state index contributed by atoms with van der Waals surface area (Å²) in [6.45, 7) is 17.9. The van der Waals surface area contributed by atoms with E-state index in [9.17, 15) is 0 Å². The molecule has 0 spiro atoms. The molecule has 0 radical (unpaired) electrons. The second kappa shape index (κ2) is 12.0. The number of hydrogen-bond donors (Lipinski definition) is 2. The van der Waals surface area contributed by atoms with Crippen LogP contribution in [0.4, 0.5) is 0 Å². The second-order valence-electron chi connectivity index (χ2n) is 8.36. The van der Waals surface area contributed by atoms with Gasteiger partial charge in [-0.05, 0) is 48.7 Å². The van der Waals surface area contributed by atoms with E-state index in [4.69, 9.17) is 24.9 Å². The highest BCUT2D eigenvalue weighted by atomic mass is 16.5. The summed E-state index contributed by atoms with van der Waals surface area (Å²) >= 11 is 0. The lowest BCUT2D eigenvalue weighted by Gasteiger charge is -2.30. The van der Waals surface area contributed by atoms with Crippen molar-refractivity contribution in [2.75, 3.05) is 27.8 Å². The van der Waals surface area contributed by atoms with E-state index in [0.717, 1.165) is 5.82 Å². The van der Waals surface area contributed by atoms with Gasteiger partial charge in [-0.3, -0.25) is 4.90 Å². The SMILES string of the molecule is CCOC(C)(C)/C(N)=N/O.COC(C)(C)N(C)C.Cc1nc(C(C)(C)C)no1. The van der Waals surface area contributed by atoms with Gasteiger partial charge in [-0.15, -0.1) is 0 Å². The van der Waals surface area contributed by atoms with Crippen molar-refractivity contribution in [3.8, 4) is 0 Å². The van der Waals surface area contributed by atoms with Crippen LogP contribution < -0.4 is 5.73 Å². The Hall–Kier alpha value is -1.71. The minimum Gasteiger partial charge on any atom is -0.409 e. The standard InChI is InChI=1S/C7H12N2O.C6H14N2O2.C6H15NO/c1-5-8-6(9-10-5)7(2,3)4;1-4-10-6(2,3)5(7)8-9;1-6(2,8-5)7(3)4/h1-4H3;9H,4H2,1-3H3,(H2,7,8);1-5H3. The van der Waals surface area contributed by atoms with Crippen molar-refractivity contribution >= 4 is 5.84 Å². The average Bonchev–Trinajstić information content (AvgIpc) is 3.02. The molecule has 0 unspecified atom stereocenters. The lowest BCUT2D eigenvalue weighted by atomic mass is 9.96. The normalized spacial score (nSPS) is 12.8. The predicted molar refractivity (Wildman–Crippen MR) is 112 cm³/mol. The van der Waals surface area contributed by atoms with E-state index in [2.05, 4.69) is 36.1 Å². The Balaban J connectivity index is 0. The van der Waals surface area contributed by atoms with Gasteiger partial charge >= 0.3 is 0 Å². The van der Waals surface area contributed by atoms with E-state index in [0.29, 0.717) is 12.5 Å². The van der Waals surface area contributed by atoms with Gasteiger partial charge in [-0.2, -0.15) is 4.98 Å². The van der Waals surface area contributed by atoms with E-state index in [-0.39, 0.29) is 17.0 Å². The lowest BCUT2D eigenvalue weighted by Crippen LogP contribution is -2.40. The van der Waals surface area contributed by atoms with Crippen molar-refractivity contribution in [1.29, 1.82) is 0 Å². The maximum absolute atomic E-state index is 8.28. The molecule has 166 valence electrons. The fraction of sp³-hybridized carbons (Fsp3) is 0.842. The summed E-state index contributed by atoms with van der Waals surface area (Å²) in [5, 5.41) is 14.9. The molecule has 9 nitrogen and oxygen atoms in total. The van der Waals surface area contributed by atoms with Crippen LogP contribution in [-0.4, -0.2) is 65.2 Å². The van der Waals surface area contributed by atoms with Gasteiger partial charge in [-0.25, -0.2) is 0 Å². The topological polar surface area (TPSA) is 119 Å². The van der Waals surface area contributed by atoms with Gasteiger partial charge in [0.15, 0.2) is 11.7 Å². The van der Waals surface area contributed by atoms with Crippen LogP contribution in [0.3, 0.4) is 0 Å². The van der Waals surface area contributed by atoms with E-state index in [1.165, 1.54) is 0 Å². The molecule has 1 aromatic rings. The molecule has 1 rings (SSSR count). The Morgan fingerprint density at radius 3 is 1.86 bits per heavy atom.